The van der Waals surface area contributed by atoms with Crippen LogP contribution in [-0.4, -0.2) is 45.7 Å². The molecular weight excluding hydrogens is 348 g/mol. The van der Waals surface area contributed by atoms with Gasteiger partial charge in [0.05, 0.1) is 12.9 Å². The number of ether oxygens (including phenoxy) is 1. The van der Waals surface area contributed by atoms with E-state index in [1.807, 2.05) is 24.3 Å². The molecular formula is C20H28N2O3S. The average molecular weight is 377 g/mol. The van der Waals surface area contributed by atoms with Crippen LogP contribution in [0.3, 0.4) is 0 Å². The number of hydrogen-bond acceptors (Lipinski definition) is 4. The Bertz CT molecular complexity index is 789. The molecule has 142 valence electrons. The van der Waals surface area contributed by atoms with Crippen molar-refractivity contribution in [1.82, 2.24) is 9.62 Å². The van der Waals surface area contributed by atoms with Crippen LogP contribution in [-0.2, 0) is 16.6 Å². The molecule has 0 atom stereocenters. The molecule has 2 aromatic carbocycles. The van der Waals surface area contributed by atoms with Crippen LogP contribution in [0.2, 0.25) is 0 Å². The minimum absolute atomic E-state index is 0.148. The van der Waals surface area contributed by atoms with Crippen LogP contribution < -0.4 is 10.1 Å². The van der Waals surface area contributed by atoms with Crippen molar-refractivity contribution in [3.63, 3.8) is 0 Å². The molecule has 0 aliphatic carbocycles. The van der Waals surface area contributed by atoms with Crippen LogP contribution in [0.5, 0.6) is 5.75 Å². The second-order valence-corrected chi connectivity index (χ2v) is 8.51. The molecule has 0 amide bonds. The molecule has 0 saturated heterocycles. The first-order valence-electron chi connectivity index (χ1n) is 8.85. The monoisotopic (exact) mass is 376 g/mol. The van der Waals surface area contributed by atoms with Crippen LogP contribution >= 0.6 is 0 Å². The van der Waals surface area contributed by atoms with Gasteiger partial charge in [0.1, 0.15) is 5.75 Å². The van der Waals surface area contributed by atoms with E-state index >= 15 is 0 Å². The Hall–Kier alpha value is -1.89. The van der Waals surface area contributed by atoms with Crippen LogP contribution in [0.15, 0.2) is 48.5 Å². The number of methoxy groups -OCH3 is 1. The second-order valence-electron chi connectivity index (χ2n) is 6.15. The minimum atomic E-state index is -3.08. The van der Waals surface area contributed by atoms with Gasteiger partial charge in [-0.05, 0) is 37.1 Å². The quantitative estimate of drug-likeness (QED) is 0.647. The molecule has 0 unspecified atom stereocenters. The third kappa shape index (κ3) is 5.56. The van der Waals surface area contributed by atoms with Gasteiger partial charge in [-0.3, -0.25) is 0 Å². The molecule has 6 heteroatoms. The summed E-state index contributed by atoms with van der Waals surface area (Å²) in [5.41, 5.74) is 3.39. The maximum atomic E-state index is 11.7. The maximum absolute atomic E-state index is 11.7. The SMILES string of the molecule is CCS(=O)(=O)N(C)CCCNCc1ccc(-c2ccccc2OC)cc1. The van der Waals surface area contributed by atoms with Gasteiger partial charge in [0.25, 0.3) is 0 Å². The smallest absolute Gasteiger partial charge is 0.213 e. The summed E-state index contributed by atoms with van der Waals surface area (Å²) in [4.78, 5) is 0. The van der Waals surface area contributed by atoms with Crippen LogP contribution in [0.25, 0.3) is 11.1 Å². The minimum Gasteiger partial charge on any atom is -0.496 e. The standard InChI is InChI=1S/C20H28N2O3S/c1-4-26(23,24)22(2)15-7-14-21-16-17-10-12-18(13-11-17)19-8-5-6-9-20(19)25-3/h5-6,8-13,21H,4,7,14-16H2,1-3H3. The largest absolute Gasteiger partial charge is 0.496 e. The summed E-state index contributed by atoms with van der Waals surface area (Å²) in [5, 5.41) is 3.36. The zero-order valence-electron chi connectivity index (χ0n) is 15.7. The van der Waals surface area contributed by atoms with E-state index < -0.39 is 10.0 Å². The van der Waals surface area contributed by atoms with Gasteiger partial charge in [0.15, 0.2) is 0 Å². The summed E-state index contributed by atoms with van der Waals surface area (Å²) in [6.45, 7) is 3.74. The number of para-hydroxylation sites is 1. The highest BCUT2D eigenvalue weighted by Gasteiger charge is 2.13. The molecule has 0 aliphatic rings. The lowest BCUT2D eigenvalue weighted by atomic mass is 10.0. The van der Waals surface area contributed by atoms with Crippen LogP contribution in [0, 0.1) is 0 Å². The first kappa shape index (κ1) is 20.4. The molecule has 0 bridgehead atoms. The van der Waals surface area contributed by atoms with E-state index in [0.29, 0.717) is 6.54 Å². The third-order valence-electron chi connectivity index (χ3n) is 4.37. The van der Waals surface area contributed by atoms with Crippen molar-refractivity contribution in [3.05, 3.63) is 54.1 Å². The summed E-state index contributed by atoms with van der Waals surface area (Å²) in [7, 11) is 0.236. The molecule has 0 fully saturated rings. The highest BCUT2D eigenvalue weighted by atomic mass is 32.2. The summed E-state index contributed by atoms with van der Waals surface area (Å²) in [6.07, 6.45) is 0.787. The maximum Gasteiger partial charge on any atom is 0.213 e. The van der Waals surface area contributed by atoms with Crippen molar-refractivity contribution in [2.75, 3.05) is 33.0 Å². The topological polar surface area (TPSA) is 58.6 Å². The fourth-order valence-electron chi connectivity index (χ4n) is 2.70. The van der Waals surface area contributed by atoms with E-state index in [1.165, 1.54) is 9.87 Å². The Kier molecular flexibility index (Phi) is 7.63. The molecule has 0 radical (unpaired) electrons. The van der Waals surface area contributed by atoms with Gasteiger partial charge in [-0.1, -0.05) is 42.5 Å². The van der Waals surface area contributed by atoms with Crippen molar-refractivity contribution in [2.24, 2.45) is 0 Å². The van der Waals surface area contributed by atoms with Crippen LogP contribution in [0.1, 0.15) is 18.9 Å². The van der Waals surface area contributed by atoms with Crippen molar-refractivity contribution in [3.8, 4) is 16.9 Å². The lowest BCUT2D eigenvalue weighted by Crippen LogP contribution is -2.31. The fourth-order valence-corrected chi connectivity index (χ4v) is 3.55. The molecule has 2 rings (SSSR count). The molecule has 0 heterocycles. The zero-order chi connectivity index (χ0) is 19.0. The molecule has 0 aromatic heterocycles. The van der Waals surface area contributed by atoms with E-state index in [-0.39, 0.29) is 5.75 Å². The van der Waals surface area contributed by atoms with E-state index in [2.05, 4.69) is 29.6 Å². The van der Waals surface area contributed by atoms with Crippen molar-refractivity contribution >= 4 is 10.0 Å². The van der Waals surface area contributed by atoms with Crippen LogP contribution in [0.4, 0.5) is 0 Å². The Labute approximate surface area is 157 Å². The Balaban J connectivity index is 1.81. The van der Waals surface area contributed by atoms with Gasteiger partial charge in [-0.15, -0.1) is 0 Å². The molecule has 5 nitrogen and oxygen atoms in total. The predicted octanol–water partition coefficient (Wildman–Crippen LogP) is 3.12. The first-order chi connectivity index (χ1) is 12.5. The first-order valence-corrected chi connectivity index (χ1v) is 10.5. The zero-order valence-corrected chi connectivity index (χ0v) is 16.6. The summed E-state index contributed by atoms with van der Waals surface area (Å²) in [6, 6.07) is 16.4. The fraction of sp³-hybridized carbons (Fsp3) is 0.400. The molecule has 2 aromatic rings. The third-order valence-corrected chi connectivity index (χ3v) is 6.23. The average Bonchev–Trinajstić information content (AvgIpc) is 2.68. The van der Waals surface area contributed by atoms with Crippen molar-refractivity contribution in [2.45, 2.75) is 19.9 Å². The molecule has 1 N–H and O–H groups in total. The molecule has 0 aliphatic heterocycles. The van der Waals surface area contributed by atoms with Gasteiger partial charge in [0.2, 0.25) is 10.0 Å². The van der Waals surface area contributed by atoms with Gasteiger partial charge in [-0.2, -0.15) is 0 Å². The number of benzene rings is 2. The summed E-state index contributed by atoms with van der Waals surface area (Å²) < 4.78 is 30.2. The highest BCUT2D eigenvalue weighted by molar-refractivity contribution is 7.89. The Morgan fingerprint density at radius 2 is 1.77 bits per heavy atom. The Morgan fingerprint density at radius 3 is 2.42 bits per heavy atom. The molecule has 0 spiro atoms. The van der Waals surface area contributed by atoms with E-state index in [9.17, 15) is 8.42 Å². The lowest BCUT2D eigenvalue weighted by Gasteiger charge is -2.15. The number of hydrogen-bond donors (Lipinski definition) is 1. The highest BCUT2D eigenvalue weighted by Crippen LogP contribution is 2.29. The lowest BCUT2D eigenvalue weighted by molar-refractivity contribution is 0.416. The van der Waals surface area contributed by atoms with Gasteiger partial charge >= 0.3 is 0 Å². The summed E-state index contributed by atoms with van der Waals surface area (Å²) >= 11 is 0. The van der Waals surface area contributed by atoms with E-state index in [1.54, 1.807) is 21.1 Å². The number of nitrogens with one attached hydrogen (secondary N) is 1. The Morgan fingerprint density at radius 1 is 1.08 bits per heavy atom. The predicted molar refractivity (Wildman–Crippen MR) is 107 cm³/mol. The van der Waals surface area contributed by atoms with E-state index in [4.69, 9.17) is 4.74 Å². The van der Waals surface area contributed by atoms with Crippen molar-refractivity contribution in [1.29, 1.82) is 0 Å². The molecule has 0 saturated carbocycles. The second kappa shape index (κ2) is 9.71. The molecule has 26 heavy (non-hydrogen) atoms. The van der Waals surface area contributed by atoms with Gasteiger partial charge < -0.3 is 10.1 Å². The number of nitrogens with zero attached hydrogens (tertiary/aromatic N) is 1. The van der Waals surface area contributed by atoms with Gasteiger partial charge in [0, 0.05) is 25.7 Å². The number of sulfonamides is 1. The summed E-state index contributed by atoms with van der Waals surface area (Å²) in [5.74, 6) is 1.01. The normalized spacial score (nSPS) is 11.7. The van der Waals surface area contributed by atoms with Crippen molar-refractivity contribution < 1.29 is 13.2 Å². The van der Waals surface area contributed by atoms with Gasteiger partial charge in [-0.25, -0.2) is 12.7 Å². The van der Waals surface area contributed by atoms with E-state index in [0.717, 1.165) is 36.4 Å². The number of rotatable bonds is 10.